The van der Waals surface area contributed by atoms with Crippen molar-refractivity contribution in [1.82, 2.24) is 4.90 Å². The second-order valence-corrected chi connectivity index (χ2v) is 6.89. The molecular formula is C21H23N3O. The third kappa shape index (κ3) is 3.02. The first-order valence-electron chi connectivity index (χ1n) is 8.89. The van der Waals surface area contributed by atoms with Gasteiger partial charge in [-0.1, -0.05) is 42.5 Å². The zero-order valence-electron chi connectivity index (χ0n) is 14.6. The average Bonchev–Trinajstić information content (AvgIpc) is 2.68. The van der Waals surface area contributed by atoms with Crippen molar-refractivity contribution >= 4 is 5.69 Å². The van der Waals surface area contributed by atoms with Gasteiger partial charge in [0.2, 0.25) is 0 Å². The number of hydrogen-bond acceptors (Lipinski definition) is 4. The van der Waals surface area contributed by atoms with E-state index in [1.165, 1.54) is 16.8 Å². The van der Waals surface area contributed by atoms with Crippen molar-refractivity contribution in [1.29, 1.82) is 5.26 Å². The fourth-order valence-electron chi connectivity index (χ4n) is 3.95. The van der Waals surface area contributed by atoms with Crippen LogP contribution in [0.1, 0.15) is 22.6 Å². The van der Waals surface area contributed by atoms with Crippen LogP contribution in [0.15, 0.2) is 48.5 Å². The number of hydrogen-bond donors (Lipinski definition) is 0. The van der Waals surface area contributed by atoms with Crippen molar-refractivity contribution in [3.63, 3.8) is 0 Å². The molecule has 128 valence electrons. The van der Waals surface area contributed by atoms with E-state index in [0.29, 0.717) is 6.61 Å². The van der Waals surface area contributed by atoms with E-state index in [1.54, 1.807) is 0 Å². The van der Waals surface area contributed by atoms with Crippen LogP contribution in [0.2, 0.25) is 0 Å². The Bertz CT molecular complexity index is 775. The molecule has 0 spiro atoms. The van der Waals surface area contributed by atoms with Gasteiger partial charge in [-0.25, -0.2) is 0 Å². The van der Waals surface area contributed by atoms with Gasteiger partial charge < -0.3 is 14.5 Å². The number of fused-ring (bicyclic) bond motifs is 1. The Morgan fingerprint density at radius 1 is 1.00 bits per heavy atom. The number of anilines is 1. The van der Waals surface area contributed by atoms with Crippen LogP contribution in [0, 0.1) is 11.3 Å². The molecule has 25 heavy (non-hydrogen) atoms. The molecule has 0 saturated carbocycles. The van der Waals surface area contributed by atoms with Gasteiger partial charge in [0.1, 0.15) is 0 Å². The average molecular weight is 333 g/mol. The number of piperazine rings is 1. The molecule has 4 heteroatoms. The molecule has 2 unspecified atom stereocenters. The largest absolute Gasteiger partial charge is 0.369 e. The molecule has 0 bridgehead atoms. The highest BCUT2D eigenvalue weighted by atomic mass is 16.5. The summed E-state index contributed by atoms with van der Waals surface area (Å²) in [4.78, 5) is 4.83. The summed E-state index contributed by atoms with van der Waals surface area (Å²) in [5.74, 6) is -0.0363. The van der Waals surface area contributed by atoms with E-state index < -0.39 is 6.10 Å². The molecule has 1 saturated heterocycles. The molecular weight excluding hydrogens is 310 g/mol. The molecule has 1 fully saturated rings. The van der Waals surface area contributed by atoms with Crippen LogP contribution < -0.4 is 4.90 Å². The van der Waals surface area contributed by atoms with Gasteiger partial charge in [-0.2, -0.15) is 5.26 Å². The van der Waals surface area contributed by atoms with Gasteiger partial charge in [-0.05, 0) is 29.8 Å². The van der Waals surface area contributed by atoms with E-state index in [2.05, 4.69) is 53.2 Å². The molecule has 0 aromatic heterocycles. The fraction of sp³-hybridized carbons (Fsp3) is 0.381. The molecule has 2 aliphatic rings. The van der Waals surface area contributed by atoms with Crippen molar-refractivity contribution in [2.24, 2.45) is 0 Å². The maximum absolute atomic E-state index is 9.69. The molecule has 0 amide bonds. The van der Waals surface area contributed by atoms with E-state index in [-0.39, 0.29) is 5.92 Å². The lowest BCUT2D eigenvalue weighted by Crippen LogP contribution is -2.45. The first kappa shape index (κ1) is 16.1. The van der Waals surface area contributed by atoms with Crippen LogP contribution in [0.25, 0.3) is 0 Å². The fourth-order valence-corrected chi connectivity index (χ4v) is 3.95. The third-order valence-electron chi connectivity index (χ3n) is 5.34. The monoisotopic (exact) mass is 333 g/mol. The van der Waals surface area contributed by atoms with Gasteiger partial charge in [-0.15, -0.1) is 0 Å². The first-order chi connectivity index (χ1) is 12.3. The van der Waals surface area contributed by atoms with Crippen LogP contribution in [-0.2, 0) is 11.3 Å². The minimum atomic E-state index is -0.441. The van der Waals surface area contributed by atoms with Gasteiger partial charge in [0.05, 0.1) is 18.6 Å². The summed E-state index contributed by atoms with van der Waals surface area (Å²) in [7, 11) is 2.17. The Hall–Kier alpha value is -2.35. The number of nitrogens with zero attached hydrogens (tertiary/aromatic N) is 3. The van der Waals surface area contributed by atoms with Crippen molar-refractivity contribution in [3.8, 4) is 6.07 Å². The predicted octanol–water partition coefficient (Wildman–Crippen LogP) is 2.99. The van der Waals surface area contributed by atoms with Crippen molar-refractivity contribution in [2.75, 3.05) is 38.1 Å². The van der Waals surface area contributed by atoms with Crippen LogP contribution in [0.5, 0.6) is 0 Å². The lowest BCUT2D eigenvalue weighted by atomic mass is 9.81. The van der Waals surface area contributed by atoms with Crippen LogP contribution in [0.4, 0.5) is 5.69 Å². The second kappa shape index (κ2) is 6.87. The van der Waals surface area contributed by atoms with Crippen LogP contribution in [-0.4, -0.2) is 44.2 Å². The lowest BCUT2D eigenvalue weighted by molar-refractivity contribution is 0.0524. The Kier molecular flexibility index (Phi) is 4.44. The Morgan fingerprint density at radius 2 is 1.76 bits per heavy atom. The Morgan fingerprint density at radius 3 is 2.48 bits per heavy atom. The topological polar surface area (TPSA) is 39.5 Å². The minimum Gasteiger partial charge on any atom is -0.369 e. The lowest BCUT2D eigenvalue weighted by Gasteiger charge is -2.39. The summed E-state index contributed by atoms with van der Waals surface area (Å²) in [6, 6.07) is 19.1. The zero-order valence-corrected chi connectivity index (χ0v) is 14.6. The number of rotatable bonds is 2. The van der Waals surface area contributed by atoms with Gasteiger partial charge in [0.15, 0.2) is 6.10 Å². The molecule has 0 radical (unpaired) electrons. The second-order valence-electron chi connectivity index (χ2n) is 6.89. The van der Waals surface area contributed by atoms with Crippen LogP contribution in [0.3, 0.4) is 0 Å². The van der Waals surface area contributed by atoms with Gasteiger partial charge in [-0.3, -0.25) is 0 Å². The summed E-state index contributed by atoms with van der Waals surface area (Å²) in [6.45, 7) is 4.69. The molecule has 2 aromatic carbocycles. The molecule has 0 N–H and O–H groups in total. The van der Waals surface area contributed by atoms with E-state index in [1.807, 2.05) is 18.2 Å². The highest BCUT2D eigenvalue weighted by Crippen LogP contribution is 2.42. The maximum Gasteiger partial charge on any atom is 0.155 e. The van der Waals surface area contributed by atoms with E-state index in [9.17, 15) is 5.26 Å². The van der Waals surface area contributed by atoms with E-state index >= 15 is 0 Å². The highest BCUT2D eigenvalue weighted by molar-refractivity contribution is 5.62. The Labute approximate surface area is 149 Å². The number of ether oxygens (including phenoxy) is 1. The quantitative estimate of drug-likeness (QED) is 0.847. The zero-order chi connectivity index (χ0) is 17.2. The third-order valence-corrected chi connectivity index (χ3v) is 5.34. The van der Waals surface area contributed by atoms with Crippen molar-refractivity contribution in [3.05, 3.63) is 65.2 Å². The molecule has 4 nitrogen and oxygen atoms in total. The minimum absolute atomic E-state index is 0.0363. The molecule has 4 rings (SSSR count). The van der Waals surface area contributed by atoms with Gasteiger partial charge in [0.25, 0.3) is 0 Å². The smallest absolute Gasteiger partial charge is 0.155 e. The normalized spacial score (nSPS) is 23.8. The summed E-state index contributed by atoms with van der Waals surface area (Å²) in [5, 5.41) is 9.69. The number of likely N-dealkylation sites (N-methyl/N-ethyl adjacent to an activating group) is 1. The number of benzene rings is 2. The Balaban J connectivity index is 1.81. The maximum atomic E-state index is 9.69. The summed E-state index contributed by atoms with van der Waals surface area (Å²) in [5.41, 5.74) is 4.90. The molecule has 2 aliphatic heterocycles. The molecule has 2 atom stereocenters. The molecule has 0 aliphatic carbocycles. The van der Waals surface area contributed by atoms with E-state index in [0.717, 1.165) is 31.7 Å². The number of nitriles is 1. The van der Waals surface area contributed by atoms with Gasteiger partial charge >= 0.3 is 0 Å². The molecule has 2 aromatic rings. The highest BCUT2D eigenvalue weighted by Gasteiger charge is 2.35. The van der Waals surface area contributed by atoms with Gasteiger partial charge in [0, 0.05) is 31.9 Å². The molecule has 2 heterocycles. The van der Waals surface area contributed by atoms with Crippen LogP contribution >= 0.6 is 0 Å². The summed E-state index contributed by atoms with van der Waals surface area (Å²) >= 11 is 0. The van der Waals surface area contributed by atoms with Crippen molar-refractivity contribution in [2.45, 2.75) is 18.6 Å². The van der Waals surface area contributed by atoms with Crippen molar-refractivity contribution < 1.29 is 4.74 Å². The first-order valence-corrected chi connectivity index (χ1v) is 8.89. The predicted molar refractivity (Wildman–Crippen MR) is 98.6 cm³/mol. The standard InChI is InChI=1S/C21H23N3O/c1-23-10-12-24(13-11-23)18-9-5-8-17-15-25-19(14-22)21(20(17)18)16-6-3-2-4-7-16/h2-9,19,21H,10-13,15H2,1H3. The SMILES string of the molecule is CN1CCN(c2cccc3c2C(c2ccccc2)C(C#N)OC3)CC1. The summed E-state index contributed by atoms with van der Waals surface area (Å²) < 4.78 is 5.89. The summed E-state index contributed by atoms with van der Waals surface area (Å²) in [6.07, 6.45) is -0.441. The van der Waals surface area contributed by atoms with E-state index in [4.69, 9.17) is 4.74 Å².